The number of carbonyl (C=O) groups excluding carboxylic acids is 3. The van der Waals surface area contributed by atoms with Crippen LogP contribution in [0.2, 0.25) is 0 Å². The lowest BCUT2D eigenvalue weighted by molar-refractivity contribution is -0.140. The van der Waals surface area contributed by atoms with Gasteiger partial charge in [-0.05, 0) is 70.8 Å². The molecule has 1 saturated carbocycles. The third kappa shape index (κ3) is 7.87. The molecule has 9 heteroatoms. The molecular formula is C27H42N4O4S. The minimum Gasteiger partial charge on any atom is -0.450 e. The highest BCUT2D eigenvalue weighted by atomic mass is 32.2. The van der Waals surface area contributed by atoms with Gasteiger partial charge in [-0.15, -0.1) is 11.8 Å². The average Bonchev–Trinajstić information content (AvgIpc) is 3.36. The van der Waals surface area contributed by atoms with Gasteiger partial charge in [0.25, 0.3) is 0 Å². The van der Waals surface area contributed by atoms with E-state index in [4.69, 9.17) is 10.5 Å². The summed E-state index contributed by atoms with van der Waals surface area (Å²) in [6, 6.07) is 8.93. The van der Waals surface area contributed by atoms with E-state index in [2.05, 4.69) is 10.6 Å². The fourth-order valence-corrected chi connectivity index (χ4v) is 6.03. The van der Waals surface area contributed by atoms with Crippen molar-refractivity contribution in [1.82, 2.24) is 15.5 Å². The zero-order valence-corrected chi connectivity index (χ0v) is 22.6. The van der Waals surface area contributed by atoms with Crippen LogP contribution >= 0.6 is 11.8 Å². The number of thioether (sulfide) groups is 1. The number of ether oxygens (including phenoxy) is 1. The molecule has 2 aliphatic rings. The Morgan fingerprint density at radius 1 is 1.14 bits per heavy atom. The van der Waals surface area contributed by atoms with E-state index in [0.29, 0.717) is 31.2 Å². The zero-order chi connectivity index (χ0) is 26.1. The Bertz CT molecular complexity index is 874. The van der Waals surface area contributed by atoms with Gasteiger partial charge in [-0.25, -0.2) is 4.79 Å². The molecule has 200 valence electrons. The molecule has 1 aliphatic heterocycles. The highest BCUT2D eigenvalue weighted by molar-refractivity contribution is 7.99. The third-order valence-electron chi connectivity index (χ3n) is 7.23. The topological polar surface area (TPSA) is 114 Å². The first-order valence-corrected chi connectivity index (χ1v) is 14.1. The van der Waals surface area contributed by atoms with Crippen molar-refractivity contribution in [3.63, 3.8) is 0 Å². The second-order valence-corrected chi connectivity index (χ2v) is 12.0. The maximum absolute atomic E-state index is 13.8. The Hall–Kier alpha value is -2.26. The van der Waals surface area contributed by atoms with Crippen LogP contribution in [0.25, 0.3) is 0 Å². The molecule has 0 spiro atoms. The number of likely N-dealkylation sites (tertiary alicyclic amines) is 1. The van der Waals surface area contributed by atoms with Crippen molar-refractivity contribution in [3.05, 3.63) is 35.9 Å². The third-order valence-corrected chi connectivity index (χ3v) is 8.69. The molecular weight excluding hydrogens is 476 g/mol. The first kappa shape index (κ1) is 28.3. The number of alkyl carbamates (subject to hydrolysis) is 1. The van der Waals surface area contributed by atoms with Crippen LogP contribution in [-0.4, -0.2) is 65.4 Å². The van der Waals surface area contributed by atoms with E-state index in [1.165, 1.54) is 0 Å². The van der Waals surface area contributed by atoms with Crippen molar-refractivity contribution in [2.75, 3.05) is 19.7 Å². The van der Waals surface area contributed by atoms with Gasteiger partial charge >= 0.3 is 6.09 Å². The summed E-state index contributed by atoms with van der Waals surface area (Å²) in [6.45, 7) is 6.96. The minimum atomic E-state index is -0.835. The number of nitrogens with two attached hydrogens (primary N) is 1. The van der Waals surface area contributed by atoms with Crippen molar-refractivity contribution >= 4 is 29.7 Å². The second kappa shape index (κ2) is 13.3. The lowest BCUT2D eigenvalue weighted by Crippen LogP contribution is -2.60. The Labute approximate surface area is 219 Å². The maximum Gasteiger partial charge on any atom is 0.407 e. The van der Waals surface area contributed by atoms with Gasteiger partial charge in [-0.1, -0.05) is 30.3 Å². The van der Waals surface area contributed by atoms with E-state index < -0.39 is 22.9 Å². The summed E-state index contributed by atoms with van der Waals surface area (Å²) in [4.78, 5) is 41.0. The zero-order valence-electron chi connectivity index (χ0n) is 21.8. The summed E-state index contributed by atoms with van der Waals surface area (Å²) in [5.41, 5.74) is 7.14. The lowest BCUT2D eigenvalue weighted by atomic mass is 9.86. The number of carbonyl (C=O) groups is 3. The van der Waals surface area contributed by atoms with Gasteiger partial charge in [-0.3, -0.25) is 9.59 Å². The molecule has 4 N–H and O–H groups in total. The lowest BCUT2D eigenvalue weighted by Gasteiger charge is -2.37. The monoisotopic (exact) mass is 518 g/mol. The smallest absolute Gasteiger partial charge is 0.407 e. The van der Waals surface area contributed by atoms with Crippen LogP contribution in [0.15, 0.2) is 30.3 Å². The molecule has 1 aliphatic carbocycles. The van der Waals surface area contributed by atoms with Crippen molar-refractivity contribution in [2.24, 2.45) is 11.7 Å². The van der Waals surface area contributed by atoms with Crippen molar-refractivity contribution in [2.45, 2.75) is 87.9 Å². The Morgan fingerprint density at radius 2 is 1.83 bits per heavy atom. The van der Waals surface area contributed by atoms with Gasteiger partial charge in [0, 0.05) is 29.6 Å². The van der Waals surface area contributed by atoms with Gasteiger partial charge in [0.05, 0.1) is 6.61 Å². The normalized spacial score (nSPS) is 23.1. The van der Waals surface area contributed by atoms with Crippen molar-refractivity contribution < 1.29 is 19.1 Å². The molecule has 2 atom stereocenters. The standard InChI is InChI=1S/C27H42N4O4S/c1-4-35-26(34)30-23(27(2,3)36-18-20-9-6-5-7-10-20)25(33)31-16-8-11-22(31)24(32)29-17-19-12-14-21(28)15-13-19/h5-7,9-10,19,21-23H,4,8,11-18,28H2,1-3H3,(H,29,32)(H,30,34). The predicted molar refractivity (Wildman–Crippen MR) is 143 cm³/mol. The van der Waals surface area contributed by atoms with E-state index in [9.17, 15) is 14.4 Å². The number of rotatable bonds is 10. The van der Waals surface area contributed by atoms with Crippen LogP contribution in [0.3, 0.4) is 0 Å². The van der Waals surface area contributed by atoms with Crippen LogP contribution in [0.5, 0.6) is 0 Å². The van der Waals surface area contributed by atoms with Crippen LogP contribution < -0.4 is 16.4 Å². The molecule has 36 heavy (non-hydrogen) atoms. The van der Waals surface area contributed by atoms with Crippen molar-refractivity contribution in [3.8, 4) is 0 Å². The van der Waals surface area contributed by atoms with E-state index in [1.807, 2.05) is 44.2 Å². The molecule has 3 amide bonds. The first-order valence-electron chi connectivity index (χ1n) is 13.2. The first-order chi connectivity index (χ1) is 17.2. The summed E-state index contributed by atoms with van der Waals surface area (Å²) in [5.74, 6) is 0.776. The summed E-state index contributed by atoms with van der Waals surface area (Å²) in [7, 11) is 0. The minimum absolute atomic E-state index is 0.111. The number of amides is 3. The molecule has 1 saturated heterocycles. The maximum atomic E-state index is 13.8. The highest BCUT2D eigenvalue weighted by Crippen LogP contribution is 2.34. The van der Waals surface area contributed by atoms with Gasteiger partial charge < -0.3 is 26.0 Å². The Morgan fingerprint density at radius 3 is 2.50 bits per heavy atom. The van der Waals surface area contributed by atoms with E-state index in [0.717, 1.165) is 37.7 Å². The number of hydrogen-bond acceptors (Lipinski definition) is 6. The molecule has 0 bridgehead atoms. The fraction of sp³-hybridized carbons (Fsp3) is 0.667. The van der Waals surface area contributed by atoms with Gasteiger partial charge in [0.2, 0.25) is 11.8 Å². The largest absolute Gasteiger partial charge is 0.450 e. The van der Waals surface area contributed by atoms with Crippen molar-refractivity contribution in [1.29, 1.82) is 0 Å². The van der Waals surface area contributed by atoms with Gasteiger partial charge in [0.15, 0.2) is 0 Å². The van der Waals surface area contributed by atoms with E-state index in [-0.39, 0.29) is 24.5 Å². The molecule has 1 heterocycles. The average molecular weight is 519 g/mol. The summed E-state index contributed by atoms with van der Waals surface area (Å²) >= 11 is 1.60. The molecule has 0 aromatic heterocycles. The molecule has 1 aromatic carbocycles. The second-order valence-electron chi connectivity index (χ2n) is 10.4. The molecule has 3 rings (SSSR count). The van der Waals surface area contributed by atoms with E-state index >= 15 is 0 Å². The summed E-state index contributed by atoms with van der Waals surface area (Å²) in [5, 5.41) is 5.89. The van der Waals surface area contributed by atoms with E-state index in [1.54, 1.807) is 23.6 Å². The highest BCUT2D eigenvalue weighted by Gasteiger charge is 2.44. The number of benzene rings is 1. The number of nitrogens with one attached hydrogen (secondary N) is 2. The van der Waals surface area contributed by atoms with Crippen LogP contribution in [0.1, 0.15) is 64.9 Å². The van der Waals surface area contributed by atoms with Gasteiger partial charge in [0.1, 0.15) is 12.1 Å². The Kier molecular flexibility index (Phi) is 10.5. The molecule has 8 nitrogen and oxygen atoms in total. The molecule has 2 fully saturated rings. The summed E-state index contributed by atoms with van der Waals surface area (Å²) in [6.07, 6.45) is 4.78. The van der Waals surface area contributed by atoms with Crippen LogP contribution in [0, 0.1) is 5.92 Å². The molecule has 0 radical (unpaired) electrons. The van der Waals surface area contributed by atoms with Crippen LogP contribution in [0.4, 0.5) is 4.79 Å². The number of nitrogens with zero attached hydrogens (tertiary/aromatic N) is 1. The SMILES string of the molecule is CCOC(=O)NC(C(=O)N1CCCC1C(=O)NCC1CCC(N)CC1)C(C)(C)SCc1ccccc1. The molecule has 1 aromatic rings. The quantitative estimate of drug-likeness (QED) is 0.437. The van der Waals surface area contributed by atoms with Gasteiger partial charge in [-0.2, -0.15) is 0 Å². The summed E-state index contributed by atoms with van der Waals surface area (Å²) < 4.78 is 4.48. The molecule has 2 unspecified atom stereocenters. The van der Waals surface area contributed by atoms with Crippen LogP contribution in [-0.2, 0) is 20.1 Å². The predicted octanol–water partition coefficient (Wildman–Crippen LogP) is 3.44. The Balaban J connectivity index is 1.68. The fourth-order valence-electron chi connectivity index (χ4n) is 4.97. The number of hydrogen-bond donors (Lipinski definition) is 3.